The fraction of sp³-hybridized carbons (Fsp3) is 0.625. The number of hydrogen-bond donors (Lipinski definition) is 1. The van der Waals surface area contributed by atoms with E-state index >= 15 is 0 Å². The Balaban J connectivity index is 1.92. The second-order valence-electron chi connectivity index (χ2n) is 5.63. The number of ether oxygens (including phenoxy) is 1. The minimum Gasteiger partial charge on any atom is -0.496 e. The molecule has 3 heteroatoms. The van der Waals surface area contributed by atoms with E-state index in [2.05, 4.69) is 34.5 Å². The van der Waals surface area contributed by atoms with Crippen molar-refractivity contribution in [2.75, 3.05) is 26.7 Å². The van der Waals surface area contributed by atoms with Crippen molar-refractivity contribution in [3.63, 3.8) is 0 Å². The highest BCUT2D eigenvalue weighted by atomic mass is 16.5. The molecule has 2 aliphatic rings. The molecule has 2 saturated heterocycles. The summed E-state index contributed by atoms with van der Waals surface area (Å²) < 4.78 is 5.59. The van der Waals surface area contributed by atoms with Crippen molar-refractivity contribution in [2.45, 2.75) is 37.8 Å². The molecule has 0 aromatic heterocycles. The van der Waals surface area contributed by atoms with E-state index in [0.717, 1.165) is 12.3 Å². The molecule has 2 fully saturated rings. The monoisotopic (exact) mass is 260 g/mol. The van der Waals surface area contributed by atoms with Crippen LogP contribution < -0.4 is 10.1 Å². The third-order valence-corrected chi connectivity index (χ3v) is 4.47. The summed E-state index contributed by atoms with van der Waals surface area (Å²) in [6.45, 7) is 3.60. The van der Waals surface area contributed by atoms with Gasteiger partial charge in [-0.05, 0) is 51.4 Å². The van der Waals surface area contributed by atoms with Gasteiger partial charge >= 0.3 is 0 Å². The van der Waals surface area contributed by atoms with Crippen LogP contribution in [-0.2, 0) is 0 Å². The van der Waals surface area contributed by atoms with Gasteiger partial charge in [0, 0.05) is 11.6 Å². The van der Waals surface area contributed by atoms with Gasteiger partial charge in [-0.1, -0.05) is 18.2 Å². The van der Waals surface area contributed by atoms with Crippen LogP contribution in [0.1, 0.15) is 37.3 Å². The van der Waals surface area contributed by atoms with Crippen molar-refractivity contribution in [1.29, 1.82) is 0 Å². The maximum atomic E-state index is 5.59. The molecule has 0 radical (unpaired) electrons. The van der Waals surface area contributed by atoms with E-state index < -0.39 is 0 Å². The molecule has 0 aliphatic carbocycles. The van der Waals surface area contributed by atoms with E-state index in [1.54, 1.807) is 7.11 Å². The molecule has 104 valence electrons. The summed E-state index contributed by atoms with van der Waals surface area (Å²) in [5.41, 5.74) is 1.35. The van der Waals surface area contributed by atoms with Gasteiger partial charge < -0.3 is 10.1 Å². The second kappa shape index (κ2) is 5.93. The summed E-state index contributed by atoms with van der Waals surface area (Å²) in [6, 6.07) is 9.58. The molecule has 2 aliphatic heterocycles. The van der Waals surface area contributed by atoms with E-state index in [9.17, 15) is 0 Å². The van der Waals surface area contributed by atoms with Crippen LogP contribution in [0, 0.1) is 0 Å². The summed E-state index contributed by atoms with van der Waals surface area (Å²) in [4.78, 5) is 2.64. The van der Waals surface area contributed by atoms with E-state index in [1.807, 2.05) is 0 Å². The van der Waals surface area contributed by atoms with Crippen molar-refractivity contribution in [3.05, 3.63) is 29.8 Å². The fourth-order valence-corrected chi connectivity index (χ4v) is 3.58. The Kier molecular flexibility index (Phi) is 4.04. The Morgan fingerprint density at radius 2 is 2.00 bits per heavy atom. The van der Waals surface area contributed by atoms with E-state index in [-0.39, 0.29) is 0 Å². The third-order valence-electron chi connectivity index (χ3n) is 4.47. The fourth-order valence-electron chi connectivity index (χ4n) is 3.58. The molecule has 0 saturated carbocycles. The van der Waals surface area contributed by atoms with Gasteiger partial charge in [-0.15, -0.1) is 0 Å². The lowest BCUT2D eigenvalue weighted by Gasteiger charge is -2.33. The average molecular weight is 260 g/mol. The van der Waals surface area contributed by atoms with Gasteiger partial charge in [0.25, 0.3) is 0 Å². The summed E-state index contributed by atoms with van der Waals surface area (Å²) >= 11 is 0. The Morgan fingerprint density at radius 1 is 1.21 bits per heavy atom. The predicted octanol–water partition coefficient (Wildman–Crippen LogP) is 2.58. The maximum absolute atomic E-state index is 5.59. The maximum Gasteiger partial charge on any atom is 0.123 e. The summed E-state index contributed by atoms with van der Waals surface area (Å²) in [5.74, 6) is 1.04. The topological polar surface area (TPSA) is 24.5 Å². The molecular weight excluding hydrogens is 236 g/mol. The number of rotatable bonds is 4. The number of methoxy groups -OCH3 is 1. The van der Waals surface area contributed by atoms with Crippen molar-refractivity contribution < 1.29 is 4.74 Å². The smallest absolute Gasteiger partial charge is 0.123 e. The normalized spacial score (nSPS) is 25.6. The van der Waals surface area contributed by atoms with Crippen molar-refractivity contribution in [1.82, 2.24) is 10.2 Å². The highest BCUT2D eigenvalue weighted by Crippen LogP contribution is 2.36. The van der Waals surface area contributed by atoms with Crippen LogP contribution in [0.3, 0.4) is 0 Å². The zero-order valence-electron chi connectivity index (χ0n) is 11.8. The molecule has 2 atom stereocenters. The largest absolute Gasteiger partial charge is 0.496 e. The molecule has 0 bridgehead atoms. The zero-order valence-corrected chi connectivity index (χ0v) is 11.8. The van der Waals surface area contributed by atoms with E-state index in [4.69, 9.17) is 4.74 Å². The second-order valence-corrected chi connectivity index (χ2v) is 5.63. The van der Waals surface area contributed by atoms with Gasteiger partial charge in [0.1, 0.15) is 5.75 Å². The van der Waals surface area contributed by atoms with Gasteiger partial charge in [-0.2, -0.15) is 0 Å². The lowest BCUT2D eigenvalue weighted by atomic mass is 9.95. The van der Waals surface area contributed by atoms with Crippen LogP contribution >= 0.6 is 0 Å². The molecule has 0 amide bonds. The first-order valence-corrected chi connectivity index (χ1v) is 7.50. The first-order chi connectivity index (χ1) is 9.40. The standard InChI is InChI=1S/C16H24N2O/c1-19-15-9-3-2-7-13(15)16(14-8-6-10-17-14)18-11-4-5-12-18/h2-3,7,9,14,16-17H,4-6,8,10-12H2,1H3. The number of likely N-dealkylation sites (tertiary alicyclic amines) is 1. The number of nitrogens with one attached hydrogen (secondary N) is 1. The highest BCUT2D eigenvalue weighted by molar-refractivity contribution is 5.37. The molecule has 1 aromatic rings. The molecule has 1 aromatic carbocycles. The first-order valence-electron chi connectivity index (χ1n) is 7.50. The van der Waals surface area contributed by atoms with Gasteiger partial charge in [-0.3, -0.25) is 4.90 Å². The van der Waals surface area contributed by atoms with E-state index in [1.165, 1.54) is 44.3 Å². The van der Waals surface area contributed by atoms with Gasteiger partial charge in [-0.25, -0.2) is 0 Å². The van der Waals surface area contributed by atoms with Gasteiger partial charge in [0.15, 0.2) is 0 Å². The number of para-hydroxylation sites is 1. The SMILES string of the molecule is COc1ccccc1C(C1CCCN1)N1CCCC1. The Morgan fingerprint density at radius 3 is 2.68 bits per heavy atom. The lowest BCUT2D eigenvalue weighted by Crippen LogP contribution is -2.39. The Labute approximate surface area is 115 Å². The predicted molar refractivity (Wildman–Crippen MR) is 77.6 cm³/mol. The van der Waals surface area contributed by atoms with Crippen LogP contribution in [0.15, 0.2) is 24.3 Å². The lowest BCUT2D eigenvalue weighted by molar-refractivity contribution is 0.197. The van der Waals surface area contributed by atoms with Crippen LogP contribution in [0.25, 0.3) is 0 Å². The molecule has 0 spiro atoms. The van der Waals surface area contributed by atoms with Crippen molar-refractivity contribution in [2.24, 2.45) is 0 Å². The van der Waals surface area contributed by atoms with Crippen molar-refractivity contribution >= 4 is 0 Å². The van der Waals surface area contributed by atoms with Gasteiger partial charge in [0.05, 0.1) is 13.2 Å². The number of nitrogens with zero attached hydrogens (tertiary/aromatic N) is 1. The minimum absolute atomic E-state index is 0.473. The Hall–Kier alpha value is -1.06. The Bertz CT molecular complexity index is 393. The average Bonchev–Trinajstić information content (AvgIpc) is 3.13. The summed E-state index contributed by atoms with van der Waals surface area (Å²) in [5, 5.41) is 3.69. The van der Waals surface area contributed by atoms with Crippen LogP contribution in [0.5, 0.6) is 5.75 Å². The molecule has 19 heavy (non-hydrogen) atoms. The molecule has 3 rings (SSSR count). The molecule has 1 N–H and O–H groups in total. The van der Waals surface area contributed by atoms with Crippen LogP contribution in [-0.4, -0.2) is 37.7 Å². The number of hydrogen-bond acceptors (Lipinski definition) is 3. The van der Waals surface area contributed by atoms with Gasteiger partial charge in [0.2, 0.25) is 0 Å². The minimum atomic E-state index is 0.473. The van der Waals surface area contributed by atoms with Crippen molar-refractivity contribution in [3.8, 4) is 5.75 Å². The summed E-state index contributed by atoms with van der Waals surface area (Å²) in [7, 11) is 1.78. The molecule has 2 heterocycles. The molecule has 3 nitrogen and oxygen atoms in total. The first kappa shape index (κ1) is 12.9. The highest BCUT2D eigenvalue weighted by Gasteiger charge is 2.33. The molecule has 2 unspecified atom stereocenters. The number of benzene rings is 1. The third kappa shape index (κ3) is 2.63. The zero-order chi connectivity index (χ0) is 13.1. The molecular formula is C16H24N2O. The van der Waals surface area contributed by atoms with E-state index in [0.29, 0.717) is 12.1 Å². The van der Waals surface area contributed by atoms with Crippen LogP contribution in [0.2, 0.25) is 0 Å². The summed E-state index contributed by atoms with van der Waals surface area (Å²) in [6.07, 6.45) is 5.24. The quantitative estimate of drug-likeness (QED) is 0.900. The van der Waals surface area contributed by atoms with Crippen LogP contribution in [0.4, 0.5) is 0 Å².